The number of nitrogens with one attached hydrogen (secondary N) is 3. The largest absolute Gasteiger partial charge is 0.352 e. The predicted molar refractivity (Wildman–Crippen MR) is 98.1 cm³/mol. The molecule has 1 aromatic carbocycles. The van der Waals surface area contributed by atoms with Gasteiger partial charge in [-0.1, -0.05) is 37.3 Å². The number of carbonyl (C=O) groups excluding carboxylic acids is 2. The number of rotatable bonds is 6. The van der Waals surface area contributed by atoms with Crippen LogP contribution in [0.1, 0.15) is 25.3 Å². The van der Waals surface area contributed by atoms with Gasteiger partial charge in [-0.15, -0.1) is 0 Å². The number of aliphatic imine (C=N–C) groups is 1. The fourth-order valence-electron chi connectivity index (χ4n) is 2.74. The molecule has 1 aliphatic heterocycles. The van der Waals surface area contributed by atoms with Crippen LogP contribution in [-0.4, -0.2) is 55.4 Å². The number of guanidine groups is 1. The Kier molecular flexibility index (Phi) is 7.25. The maximum Gasteiger partial charge on any atom is 0.239 e. The van der Waals surface area contributed by atoms with E-state index in [-0.39, 0.29) is 24.4 Å². The van der Waals surface area contributed by atoms with Gasteiger partial charge in [0.05, 0.1) is 6.54 Å². The van der Waals surface area contributed by atoms with Gasteiger partial charge in [-0.3, -0.25) is 14.6 Å². The van der Waals surface area contributed by atoms with Crippen molar-refractivity contribution in [2.75, 3.05) is 26.7 Å². The zero-order chi connectivity index (χ0) is 18.1. The smallest absolute Gasteiger partial charge is 0.239 e. The third-order valence-electron chi connectivity index (χ3n) is 4.16. The zero-order valence-corrected chi connectivity index (χ0v) is 14.9. The third-order valence-corrected chi connectivity index (χ3v) is 4.16. The van der Waals surface area contributed by atoms with Gasteiger partial charge in [-0.25, -0.2) is 0 Å². The standard InChI is InChI=1S/C18H27N5O2/c1-3-17(25)23-10-9-15(13-23)22-18(19-2)21-12-16(24)20-11-14-7-5-4-6-8-14/h4-8,15H,3,9-13H2,1-2H3,(H,20,24)(H2,19,21,22). The average molecular weight is 345 g/mol. The molecule has 0 aliphatic carbocycles. The fraction of sp³-hybridized carbons (Fsp3) is 0.500. The Morgan fingerprint density at radius 1 is 1.24 bits per heavy atom. The lowest BCUT2D eigenvalue weighted by atomic mass is 10.2. The van der Waals surface area contributed by atoms with Crippen molar-refractivity contribution in [3.8, 4) is 0 Å². The number of hydrogen-bond donors (Lipinski definition) is 3. The molecule has 7 heteroatoms. The van der Waals surface area contributed by atoms with Crippen LogP contribution < -0.4 is 16.0 Å². The Balaban J connectivity index is 1.70. The Morgan fingerprint density at radius 3 is 2.68 bits per heavy atom. The molecule has 0 aromatic heterocycles. The van der Waals surface area contributed by atoms with Crippen LogP contribution in [0.25, 0.3) is 0 Å². The maximum absolute atomic E-state index is 11.9. The van der Waals surface area contributed by atoms with Crippen molar-refractivity contribution in [2.24, 2.45) is 4.99 Å². The monoisotopic (exact) mass is 345 g/mol. The molecule has 2 amide bonds. The molecule has 1 unspecified atom stereocenters. The van der Waals surface area contributed by atoms with E-state index in [1.54, 1.807) is 7.05 Å². The van der Waals surface area contributed by atoms with E-state index in [0.717, 1.165) is 18.5 Å². The molecule has 7 nitrogen and oxygen atoms in total. The van der Waals surface area contributed by atoms with Crippen molar-refractivity contribution in [3.05, 3.63) is 35.9 Å². The molecule has 136 valence electrons. The Labute approximate surface area is 148 Å². The zero-order valence-electron chi connectivity index (χ0n) is 14.9. The first kappa shape index (κ1) is 18.8. The Morgan fingerprint density at radius 2 is 2.00 bits per heavy atom. The van der Waals surface area contributed by atoms with Crippen LogP contribution in [0.3, 0.4) is 0 Å². The minimum atomic E-state index is -0.0963. The normalized spacial score (nSPS) is 17.3. The molecule has 2 rings (SSSR count). The average Bonchev–Trinajstić information content (AvgIpc) is 3.12. The molecule has 25 heavy (non-hydrogen) atoms. The van der Waals surface area contributed by atoms with Crippen LogP contribution in [0.4, 0.5) is 0 Å². The molecular weight excluding hydrogens is 318 g/mol. The summed E-state index contributed by atoms with van der Waals surface area (Å²) in [5, 5.41) is 9.15. The number of hydrogen-bond acceptors (Lipinski definition) is 3. The minimum absolute atomic E-state index is 0.0963. The van der Waals surface area contributed by atoms with Gasteiger partial charge in [-0.2, -0.15) is 0 Å². The van der Waals surface area contributed by atoms with E-state index in [9.17, 15) is 9.59 Å². The van der Waals surface area contributed by atoms with Crippen LogP contribution >= 0.6 is 0 Å². The summed E-state index contributed by atoms with van der Waals surface area (Å²) in [4.78, 5) is 29.7. The molecule has 0 bridgehead atoms. The summed E-state index contributed by atoms with van der Waals surface area (Å²) in [6.07, 6.45) is 1.41. The van der Waals surface area contributed by atoms with Gasteiger partial charge in [0.2, 0.25) is 11.8 Å². The lowest BCUT2D eigenvalue weighted by molar-refractivity contribution is -0.129. The summed E-state index contributed by atoms with van der Waals surface area (Å²) in [6, 6.07) is 9.93. The minimum Gasteiger partial charge on any atom is -0.352 e. The highest BCUT2D eigenvalue weighted by Crippen LogP contribution is 2.10. The van der Waals surface area contributed by atoms with Crippen molar-refractivity contribution in [2.45, 2.75) is 32.4 Å². The van der Waals surface area contributed by atoms with E-state index in [2.05, 4.69) is 20.9 Å². The van der Waals surface area contributed by atoms with Gasteiger partial charge in [0.1, 0.15) is 0 Å². The molecule has 0 spiro atoms. The van der Waals surface area contributed by atoms with E-state index in [0.29, 0.717) is 25.5 Å². The second-order valence-electron chi connectivity index (χ2n) is 6.01. The summed E-state index contributed by atoms with van der Waals surface area (Å²) in [5.41, 5.74) is 1.06. The quantitative estimate of drug-likeness (QED) is 0.517. The second-order valence-corrected chi connectivity index (χ2v) is 6.01. The van der Waals surface area contributed by atoms with Crippen molar-refractivity contribution in [3.63, 3.8) is 0 Å². The molecule has 1 aromatic rings. The highest BCUT2D eigenvalue weighted by molar-refractivity contribution is 5.86. The van der Waals surface area contributed by atoms with E-state index in [4.69, 9.17) is 0 Å². The van der Waals surface area contributed by atoms with Crippen molar-refractivity contribution < 1.29 is 9.59 Å². The van der Waals surface area contributed by atoms with Crippen molar-refractivity contribution in [1.82, 2.24) is 20.9 Å². The molecule has 1 atom stereocenters. The van der Waals surface area contributed by atoms with Gasteiger partial charge in [0.15, 0.2) is 5.96 Å². The molecular formula is C18H27N5O2. The highest BCUT2D eigenvalue weighted by Gasteiger charge is 2.25. The first-order valence-electron chi connectivity index (χ1n) is 8.68. The number of benzene rings is 1. The van der Waals surface area contributed by atoms with E-state index in [1.807, 2.05) is 42.2 Å². The van der Waals surface area contributed by atoms with Crippen LogP contribution in [0.5, 0.6) is 0 Å². The molecule has 1 saturated heterocycles. The summed E-state index contributed by atoms with van der Waals surface area (Å²) < 4.78 is 0. The molecule has 0 saturated carbocycles. The molecule has 1 heterocycles. The highest BCUT2D eigenvalue weighted by atomic mass is 16.2. The van der Waals surface area contributed by atoms with E-state index < -0.39 is 0 Å². The van der Waals surface area contributed by atoms with Gasteiger partial charge in [-0.05, 0) is 12.0 Å². The van der Waals surface area contributed by atoms with E-state index in [1.165, 1.54) is 0 Å². The van der Waals surface area contributed by atoms with Crippen LogP contribution in [0.2, 0.25) is 0 Å². The number of likely N-dealkylation sites (tertiary alicyclic amines) is 1. The van der Waals surface area contributed by atoms with E-state index >= 15 is 0 Å². The lowest BCUT2D eigenvalue weighted by Crippen LogP contribution is -2.47. The SMILES string of the molecule is CCC(=O)N1CCC(NC(=NC)NCC(=O)NCc2ccccc2)C1. The lowest BCUT2D eigenvalue weighted by Gasteiger charge is -2.18. The van der Waals surface area contributed by atoms with Gasteiger partial charge in [0, 0.05) is 39.1 Å². The number of nitrogens with zero attached hydrogens (tertiary/aromatic N) is 2. The van der Waals surface area contributed by atoms with Crippen LogP contribution in [-0.2, 0) is 16.1 Å². The fourth-order valence-corrected chi connectivity index (χ4v) is 2.74. The van der Waals surface area contributed by atoms with Crippen LogP contribution in [0, 0.1) is 0 Å². The summed E-state index contributed by atoms with van der Waals surface area (Å²) in [7, 11) is 1.67. The van der Waals surface area contributed by atoms with Gasteiger partial charge in [0.25, 0.3) is 0 Å². The number of amides is 2. The summed E-state index contributed by atoms with van der Waals surface area (Å²) in [6.45, 7) is 3.96. The first-order valence-corrected chi connectivity index (χ1v) is 8.68. The molecule has 0 radical (unpaired) electrons. The third kappa shape index (κ3) is 6.10. The summed E-state index contributed by atoms with van der Waals surface area (Å²) >= 11 is 0. The van der Waals surface area contributed by atoms with Gasteiger partial charge < -0.3 is 20.9 Å². The van der Waals surface area contributed by atoms with Gasteiger partial charge >= 0.3 is 0 Å². The topological polar surface area (TPSA) is 85.8 Å². The summed E-state index contributed by atoms with van der Waals surface area (Å²) in [5.74, 6) is 0.652. The second kappa shape index (κ2) is 9.66. The number of carbonyl (C=O) groups is 2. The molecule has 3 N–H and O–H groups in total. The van der Waals surface area contributed by atoms with Crippen LogP contribution in [0.15, 0.2) is 35.3 Å². The Bertz CT molecular complexity index is 603. The maximum atomic E-state index is 11.9. The Hall–Kier alpha value is -2.57. The molecule has 1 aliphatic rings. The molecule has 1 fully saturated rings. The first-order chi connectivity index (χ1) is 12.1. The predicted octanol–water partition coefficient (Wildman–Crippen LogP) is 0.479. The van der Waals surface area contributed by atoms with Crippen molar-refractivity contribution in [1.29, 1.82) is 0 Å². The van der Waals surface area contributed by atoms with Crippen molar-refractivity contribution >= 4 is 17.8 Å².